The Morgan fingerprint density at radius 1 is 1.10 bits per heavy atom. The van der Waals surface area contributed by atoms with Crippen LogP contribution in [0.4, 0.5) is 0 Å². The van der Waals surface area contributed by atoms with Gasteiger partial charge in [-0.1, -0.05) is 44.2 Å². The lowest BCUT2D eigenvalue weighted by atomic mass is 9.95. The Labute approximate surface area is 126 Å². The Hall–Kier alpha value is -1.80. The molecule has 1 N–H and O–H groups in total. The number of aliphatic hydroxyl groups excluding tert-OH is 1. The van der Waals surface area contributed by atoms with E-state index in [1.165, 1.54) is 11.1 Å². The molecule has 0 aromatic heterocycles. The molecule has 2 aromatic carbocycles. The first-order chi connectivity index (χ1) is 10.1. The normalized spacial score (nSPS) is 14.9. The van der Waals surface area contributed by atoms with Crippen LogP contribution in [0.3, 0.4) is 0 Å². The summed E-state index contributed by atoms with van der Waals surface area (Å²) in [5.74, 6) is 1.58. The molecule has 0 aliphatic carbocycles. The van der Waals surface area contributed by atoms with Crippen LogP contribution < -0.4 is 4.74 Å². The summed E-state index contributed by atoms with van der Waals surface area (Å²) in [6, 6.07) is 14.3. The van der Waals surface area contributed by atoms with Crippen LogP contribution in [0.2, 0.25) is 0 Å². The van der Waals surface area contributed by atoms with Gasteiger partial charge >= 0.3 is 0 Å². The van der Waals surface area contributed by atoms with Gasteiger partial charge in [0.25, 0.3) is 0 Å². The predicted molar refractivity (Wildman–Crippen MR) is 84.7 cm³/mol. The van der Waals surface area contributed by atoms with Crippen LogP contribution in [0.1, 0.15) is 42.2 Å². The van der Waals surface area contributed by atoms with Gasteiger partial charge in [-0.3, -0.25) is 0 Å². The second kappa shape index (κ2) is 5.90. The molecule has 110 valence electrons. The molecule has 0 fully saturated rings. The first-order valence-corrected chi connectivity index (χ1v) is 7.66. The largest absolute Gasteiger partial charge is 0.493 e. The molecule has 1 unspecified atom stereocenters. The summed E-state index contributed by atoms with van der Waals surface area (Å²) >= 11 is 0. The van der Waals surface area contributed by atoms with Crippen LogP contribution >= 0.6 is 0 Å². The Kier molecular flexibility index (Phi) is 3.98. The van der Waals surface area contributed by atoms with Crippen molar-refractivity contribution in [2.24, 2.45) is 5.92 Å². The van der Waals surface area contributed by atoms with Gasteiger partial charge in [0.15, 0.2) is 0 Å². The van der Waals surface area contributed by atoms with Gasteiger partial charge in [0, 0.05) is 6.42 Å². The van der Waals surface area contributed by atoms with Crippen molar-refractivity contribution in [1.82, 2.24) is 0 Å². The lowest BCUT2D eigenvalue weighted by molar-refractivity contribution is 0.220. The van der Waals surface area contributed by atoms with Gasteiger partial charge in [-0.2, -0.15) is 0 Å². The van der Waals surface area contributed by atoms with E-state index in [2.05, 4.69) is 32.0 Å². The second-order valence-electron chi connectivity index (χ2n) is 6.21. The van der Waals surface area contributed by atoms with Crippen LogP contribution in [0.15, 0.2) is 42.5 Å². The Balaban J connectivity index is 1.86. The molecule has 1 atom stereocenters. The smallest absolute Gasteiger partial charge is 0.122 e. The maximum Gasteiger partial charge on any atom is 0.122 e. The Morgan fingerprint density at radius 3 is 2.71 bits per heavy atom. The van der Waals surface area contributed by atoms with Gasteiger partial charge in [-0.05, 0) is 46.7 Å². The van der Waals surface area contributed by atoms with E-state index in [1.807, 2.05) is 24.3 Å². The van der Waals surface area contributed by atoms with Gasteiger partial charge in [0.05, 0.1) is 6.61 Å². The van der Waals surface area contributed by atoms with Crippen LogP contribution in [0.5, 0.6) is 5.75 Å². The predicted octanol–water partition coefficient (Wildman–Crippen LogP) is 3.90. The molecule has 0 amide bonds. The summed E-state index contributed by atoms with van der Waals surface area (Å²) in [5.41, 5.74) is 4.39. The highest BCUT2D eigenvalue weighted by molar-refractivity contribution is 5.43. The molecule has 21 heavy (non-hydrogen) atoms. The molecule has 2 heteroatoms. The first kappa shape index (κ1) is 14.2. The molecule has 3 rings (SSSR count). The minimum atomic E-state index is -0.567. The van der Waals surface area contributed by atoms with Gasteiger partial charge in [-0.25, -0.2) is 0 Å². The molecule has 0 saturated carbocycles. The third kappa shape index (κ3) is 3.11. The molecular weight excluding hydrogens is 260 g/mol. The third-order valence-electron chi connectivity index (χ3n) is 3.94. The van der Waals surface area contributed by atoms with E-state index in [-0.39, 0.29) is 0 Å². The number of benzene rings is 2. The number of hydrogen-bond acceptors (Lipinski definition) is 2. The zero-order valence-corrected chi connectivity index (χ0v) is 12.7. The molecule has 2 nitrogen and oxygen atoms in total. The molecule has 0 radical (unpaired) electrons. The van der Waals surface area contributed by atoms with Crippen molar-refractivity contribution in [2.75, 3.05) is 6.61 Å². The van der Waals surface area contributed by atoms with E-state index < -0.39 is 6.10 Å². The summed E-state index contributed by atoms with van der Waals surface area (Å²) < 4.78 is 5.52. The molecular formula is C19H22O2. The van der Waals surface area contributed by atoms with E-state index in [1.54, 1.807) is 0 Å². The topological polar surface area (TPSA) is 29.5 Å². The molecule has 0 bridgehead atoms. The standard InChI is InChI=1S/C19H22O2/c1-13(2)10-14-4-3-5-16(11-14)19(20)17-6-7-18-15(12-17)8-9-21-18/h3-7,11-13,19-20H,8-10H2,1-2H3. The van der Waals surface area contributed by atoms with Crippen molar-refractivity contribution in [2.45, 2.75) is 32.8 Å². The fourth-order valence-corrected chi connectivity index (χ4v) is 2.93. The van der Waals surface area contributed by atoms with E-state index in [9.17, 15) is 5.11 Å². The summed E-state index contributed by atoms with van der Waals surface area (Å²) in [6.07, 6.45) is 1.41. The first-order valence-electron chi connectivity index (χ1n) is 7.66. The molecule has 0 saturated heterocycles. The molecule has 1 aliphatic rings. The van der Waals surface area contributed by atoms with Crippen LogP contribution in [-0.2, 0) is 12.8 Å². The van der Waals surface area contributed by atoms with Crippen molar-refractivity contribution in [3.05, 3.63) is 64.7 Å². The minimum absolute atomic E-state index is 0.567. The van der Waals surface area contributed by atoms with Crippen molar-refractivity contribution >= 4 is 0 Å². The Morgan fingerprint density at radius 2 is 1.90 bits per heavy atom. The lowest BCUT2D eigenvalue weighted by Crippen LogP contribution is -2.02. The van der Waals surface area contributed by atoms with Gasteiger partial charge < -0.3 is 9.84 Å². The summed E-state index contributed by atoms with van der Waals surface area (Å²) in [7, 11) is 0. The van der Waals surface area contributed by atoms with Crippen LogP contribution in [0, 0.1) is 5.92 Å². The van der Waals surface area contributed by atoms with Crippen molar-refractivity contribution in [3.63, 3.8) is 0 Å². The number of rotatable bonds is 4. The van der Waals surface area contributed by atoms with E-state index in [0.717, 1.165) is 36.3 Å². The zero-order valence-electron chi connectivity index (χ0n) is 12.7. The minimum Gasteiger partial charge on any atom is -0.493 e. The molecule has 1 aliphatic heterocycles. The maximum atomic E-state index is 10.6. The number of ether oxygens (including phenoxy) is 1. The van der Waals surface area contributed by atoms with Crippen LogP contribution in [0.25, 0.3) is 0 Å². The summed E-state index contributed by atoms with van der Waals surface area (Å²) in [4.78, 5) is 0. The second-order valence-corrected chi connectivity index (χ2v) is 6.21. The Bertz CT molecular complexity index is 631. The average Bonchev–Trinajstić information content (AvgIpc) is 2.93. The van der Waals surface area contributed by atoms with Gasteiger partial charge in [0.1, 0.15) is 11.9 Å². The summed E-state index contributed by atoms with van der Waals surface area (Å²) in [6.45, 7) is 5.17. The highest BCUT2D eigenvalue weighted by atomic mass is 16.5. The fraction of sp³-hybridized carbons (Fsp3) is 0.368. The third-order valence-corrected chi connectivity index (χ3v) is 3.94. The monoisotopic (exact) mass is 282 g/mol. The van der Waals surface area contributed by atoms with Crippen molar-refractivity contribution in [3.8, 4) is 5.75 Å². The number of fused-ring (bicyclic) bond motifs is 1. The van der Waals surface area contributed by atoms with Crippen LogP contribution in [-0.4, -0.2) is 11.7 Å². The maximum absolute atomic E-state index is 10.6. The molecule has 1 heterocycles. The highest BCUT2D eigenvalue weighted by Gasteiger charge is 2.16. The van der Waals surface area contributed by atoms with Crippen molar-refractivity contribution in [1.29, 1.82) is 0 Å². The quantitative estimate of drug-likeness (QED) is 0.921. The summed E-state index contributed by atoms with van der Waals surface area (Å²) in [5, 5.41) is 10.6. The van der Waals surface area contributed by atoms with E-state index in [4.69, 9.17) is 4.74 Å². The number of aliphatic hydroxyl groups is 1. The molecule has 2 aromatic rings. The number of hydrogen-bond donors (Lipinski definition) is 1. The van der Waals surface area contributed by atoms with E-state index in [0.29, 0.717) is 5.92 Å². The van der Waals surface area contributed by atoms with Gasteiger partial charge in [0.2, 0.25) is 0 Å². The highest BCUT2D eigenvalue weighted by Crippen LogP contribution is 2.30. The fourth-order valence-electron chi connectivity index (χ4n) is 2.93. The lowest BCUT2D eigenvalue weighted by Gasteiger charge is -2.14. The average molecular weight is 282 g/mol. The zero-order chi connectivity index (χ0) is 14.8. The molecule has 0 spiro atoms. The van der Waals surface area contributed by atoms with E-state index >= 15 is 0 Å². The SMILES string of the molecule is CC(C)Cc1cccc(C(O)c2ccc3c(c2)CCO3)c1. The van der Waals surface area contributed by atoms with Crippen molar-refractivity contribution < 1.29 is 9.84 Å². The van der Waals surface area contributed by atoms with Gasteiger partial charge in [-0.15, -0.1) is 0 Å².